The average molecular weight is 287 g/mol. The third-order valence-corrected chi connectivity index (χ3v) is 5.26. The van der Waals surface area contributed by atoms with E-state index in [0.29, 0.717) is 6.04 Å². The molecule has 3 rings (SSSR count). The fourth-order valence-corrected chi connectivity index (χ4v) is 3.77. The molecule has 0 amide bonds. The lowest BCUT2D eigenvalue weighted by Gasteiger charge is -2.31. The van der Waals surface area contributed by atoms with E-state index in [0.717, 1.165) is 17.7 Å². The van der Waals surface area contributed by atoms with Crippen LogP contribution >= 0.6 is 0 Å². The van der Waals surface area contributed by atoms with Crippen LogP contribution in [0.15, 0.2) is 18.3 Å². The molecule has 3 nitrogen and oxygen atoms in total. The second kappa shape index (κ2) is 6.67. The molecule has 3 heteroatoms. The molecule has 1 aliphatic carbocycles. The smallest absolute Gasteiger partial charge is 0.128 e. The van der Waals surface area contributed by atoms with Crippen molar-refractivity contribution in [2.45, 2.75) is 58.4 Å². The van der Waals surface area contributed by atoms with Crippen LogP contribution in [0.2, 0.25) is 0 Å². The number of rotatable bonds is 4. The van der Waals surface area contributed by atoms with E-state index in [1.54, 1.807) is 0 Å². The van der Waals surface area contributed by atoms with Crippen LogP contribution in [0.3, 0.4) is 0 Å². The fraction of sp³-hybridized carbons (Fsp3) is 0.722. The van der Waals surface area contributed by atoms with Gasteiger partial charge in [0, 0.05) is 19.1 Å². The third-order valence-electron chi connectivity index (χ3n) is 5.26. The van der Waals surface area contributed by atoms with E-state index in [4.69, 9.17) is 0 Å². The summed E-state index contributed by atoms with van der Waals surface area (Å²) in [5, 5.41) is 3.68. The molecule has 1 saturated heterocycles. The quantitative estimate of drug-likeness (QED) is 0.894. The minimum absolute atomic E-state index is 0.638. The Kier molecular flexibility index (Phi) is 4.67. The van der Waals surface area contributed by atoms with Gasteiger partial charge in [0.1, 0.15) is 5.82 Å². The summed E-state index contributed by atoms with van der Waals surface area (Å²) in [4.78, 5) is 7.02. The molecule has 0 aromatic carbocycles. The van der Waals surface area contributed by atoms with Crippen molar-refractivity contribution in [1.82, 2.24) is 4.98 Å². The highest BCUT2D eigenvalue weighted by atomic mass is 15.2. The van der Waals surface area contributed by atoms with Crippen LogP contribution in [-0.4, -0.2) is 24.1 Å². The Morgan fingerprint density at radius 3 is 2.38 bits per heavy atom. The summed E-state index contributed by atoms with van der Waals surface area (Å²) >= 11 is 0. The van der Waals surface area contributed by atoms with Crippen LogP contribution in [0.1, 0.15) is 52.4 Å². The number of hydrogen-bond donors (Lipinski definition) is 1. The second-order valence-electron chi connectivity index (χ2n) is 7.10. The zero-order chi connectivity index (χ0) is 14.7. The maximum absolute atomic E-state index is 4.63. The van der Waals surface area contributed by atoms with Gasteiger partial charge in [-0.25, -0.2) is 4.98 Å². The monoisotopic (exact) mass is 287 g/mol. The van der Waals surface area contributed by atoms with Crippen molar-refractivity contribution in [2.24, 2.45) is 11.8 Å². The largest absolute Gasteiger partial charge is 0.381 e. The predicted molar refractivity (Wildman–Crippen MR) is 89.9 cm³/mol. The van der Waals surface area contributed by atoms with Crippen LogP contribution in [0.25, 0.3) is 0 Å². The number of aromatic nitrogens is 1. The van der Waals surface area contributed by atoms with Gasteiger partial charge in [0.25, 0.3) is 0 Å². The van der Waals surface area contributed by atoms with Gasteiger partial charge in [0.15, 0.2) is 0 Å². The molecule has 0 unspecified atom stereocenters. The molecule has 1 saturated carbocycles. The highest BCUT2D eigenvalue weighted by Gasteiger charge is 2.23. The molecule has 2 fully saturated rings. The van der Waals surface area contributed by atoms with Gasteiger partial charge >= 0.3 is 0 Å². The topological polar surface area (TPSA) is 28.2 Å². The Bertz CT molecular complexity index is 426. The molecular weight excluding hydrogens is 258 g/mol. The Labute approximate surface area is 129 Å². The summed E-state index contributed by atoms with van der Waals surface area (Å²) in [5.74, 6) is 2.91. The minimum Gasteiger partial charge on any atom is -0.381 e. The Morgan fingerprint density at radius 1 is 1.10 bits per heavy atom. The van der Waals surface area contributed by atoms with E-state index in [-0.39, 0.29) is 0 Å². The first-order valence-corrected chi connectivity index (χ1v) is 8.70. The molecule has 2 aliphatic rings. The number of nitrogens with zero attached hydrogens (tertiary/aromatic N) is 2. The van der Waals surface area contributed by atoms with Crippen molar-refractivity contribution in [3.05, 3.63) is 18.3 Å². The highest BCUT2D eigenvalue weighted by molar-refractivity contribution is 5.49. The number of nitrogens with one attached hydrogen (secondary N) is 1. The van der Waals surface area contributed by atoms with Crippen molar-refractivity contribution in [3.63, 3.8) is 0 Å². The van der Waals surface area contributed by atoms with Crippen LogP contribution in [-0.2, 0) is 0 Å². The Morgan fingerprint density at radius 2 is 1.81 bits per heavy atom. The molecule has 116 valence electrons. The summed E-state index contributed by atoms with van der Waals surface area (Å²) in [5.41, 5.74) is 1.19. The van der Waals surface area contributed by atoms with Gasteiger partial charge in [-0.05, 0) is 62.5 Å². The molecule has 0 spiro atoms. The van der Waals surface area contributed by atoms with Crippen LogP contribution in [0, 0.1) is 11.8 Å². The van der Waals surface area contributed by atoms with Gasteiger partial charge in [-0.15, -0.1) is 0 Å². The van der Waals surface area contributed by atoms with Crippen molar-refractivity contribution < 1.29 is 0 Å². The molecular formula is C18H29N3. The van der Waals surface area contributed by atoms with E-state index in [2.05, 4.69) is 41.2 Å². The van der Waals surface area contributed by atoms with E-state index in [9.17, 15) is 0 Å². The zero-order valence-electron chi connectivity index (χ0n) is 13.5. The van der Waals surface area contributed by atoms with Gasteiger partial charge < -0.3 is 10.2 Å². The lowest BCUT2D eigenvalue weighted by molar-refractivity contribution is 0.267. The van der Waals surface area contributed by atoms with E-state index < -0.39 is 0 Å². The summed E-state index contributed by atoms with van der Waals surface area (Å²) < 4.78 is 0. The molecule has 1 N–H and O–H groups in total. The molecule has 0 atom stereocenters. The summed E-state index contributed by atoms with van der Waals surface area (Å²) in [6.45, 7) is 7.05. The van der Waals surface area contributed by atoms with E-state index in [1.165, 1.54) is 57.3 Å². The van der Waals surface area contributed by atoms with Gasteiger partial charge in [-0.2, -0.15) is 0 Å². The molecule has 1 aromatic rings. The zero-order valence-corrected chi connectivity index (χ0v) is 13.5. The van der Waals surface area contributed by atoms with Crippen molar-refractivity contribution in [3.8, 4) is 0 Å². The van der Waals surface area contributed by atoms with Crippen molar-refractivity contribution in [1.29, 1.82) is 0 Å². The minimum atomic E-state index is 0.638. The van der Waals surface area contributed by atoms with E-state index in [1.807, 2.05) is 6.20 Å². The molecule has 1 aliphatic heterocycles. The van der Waals surface area contributed by atoms with Gasteiger partial charge in [0.2, 0.25) is 0 Å². The fourth-order valence-electron chi connectivity index (χ4n) is 3.77. The predicted octanol–water partition coefficient (Wildman–Crippen LogP) is 4.31. The Balaban J connectivity index is 1.51. The summed E-state index contributed by atoms with van der Waals surface area (Å²) in [6.07, 6.45) is 9.97. The third kappa shape index (κ3) is 3.69. The standard InChI is InChI=1S/C18H29N3/c1-14(2)15-5-7-16(8-6-15)20-17-9-10-18(19-13-17)21-11-3-4-12-21/h9-10,13-16,20H,3-8,11-12H2,1-2H3. The average Bonchev–Trinajstić information content (AvgIpc) is 3.03. The maximum Gasteiger partial charge on any atom is 0.128 e. The lowest BCUT2D eigenvalue weighted by Crippen LogP contribution is -2.28. The van der Waals surface area contributed by atoms with Crippen LogP contribution in [0.4, 0.5) is 11.5 Å². The van der Waals surface area contributed by atoms with Crippen LogP contribution in [0.5, 0.6) is 0 Å². The van der Waals surface area contributed by atoms with Crippen LogP contribution < -0.4 is 10.2 Å². The SMILES string of the molecule is CC(C)C1CCC(Nc2ccc(N3CCCC3)nc2)CC1. The first kappa shape index (κ1) is 14.7. The first-order chi connectivity index (χ1) is 10.2. The molecule has 1 aromatic heterocycles. The molecule has 21 heavy (non-hydrogen) atoms. The summed E-state index contributed by atoms with van der Waals surface area (Å²) in [6, 6.07) is 5.02. The highest BCUT2D eigenvalue weighted by Crippen LogP contribution is 2.31. The van der Waals surface area contributed by atoms with Crippen molar-refractivity contribution >= 4 is 11.5 Å². The molecule has 0 radical (unpaired) electrons. The lowest BCUT2D eigenvalue weighted by atomic mass is 9.80. The maximum atomic E-state index is 4.63. The number of anilines is 2. The van der Waals surface area contributed by atoms with Crippen molar-refractivity contribution in [2.75, 3.05) is 23.3 Å². The number of hydrogen-bond acceptors (Lipinski definition) is 3. The normalized spacial score (nSPS) is 26.3. The molecule has 0 bridgehead atoms. The second-order valence-corrected chi connectivity index (χ2v) is 7.10. The van der Waals surface area contributed by atoms with Gasteiger partial charge in [-0.1, -0.05) is 13.8 Å². The first-order valence-electron chi connectivity index (χ1n) is 8.70. The van der Waals surface area contributed by atoms with E-state index >= 15 is 0 Å². The molecule has 2 heterocycles. The van der Waals surface area contributed by atoms with Gasteiger partial charge in [-0.3, -0.25) is 0 Å². The van der Waals surface area contributed by atoms with Gasteiger partial charge in [0.05, 0.1) is 11.9 Å². The Hall–Kier alpha value is -1.25. The number of pyridine rings is 1. The summed E-state index contributed by atoms with van der Waals surface area (Å²) in [7, 11) is 0.